The van der Waals surface area contributed by atoms with Crippen LogP contribution >= 0.6 is 0 Å². The molecule has 2 aromatic carbocycles. The van der Waals surface area contributed by atoms with E-state index in [4.69, 9.17) is 0 Å². The number of hydrogen-bond acceptors (Lipinski definition) is 3. The highest BCUT2D eigenvalue weighted by atomic mass is 19.2. The third-order valence-electron chi connectivity index (χ3n) is 5.38. The Morgan fingerprint density at radius 2 is 1.76 bits per heavy atom. The summed E-state index contributed by atoms with van der Waals surface area (Å²) in [7, 11) is 0. The molecule has 2 aromatic rings. The fraction of sp³-hybridized carbons (Fsp3) is 0.286. The van der Waals surface area contributed by atoms with E-state index in [0.717, 1.165) is 28.9 Å². The highest BCUT2D eigenvalue weighted by Gasteiger charge is 2.13. The SMILES string of the molecule is C\C=C/C=C(Nc1ccc(C(=O)CC)c(CC)c1)\C(C)=N\C=C(/C)c1ccc(C)c(F)c1F. The van der Waals surface area contributed by atoms with Crippen LogP contribution in [0.15, 0.2) is 65.4 Å². The minimum atomic E-state index is -0.867. The molecular weight excluding hydrogens is 418 g/mol. The van der Waals surface area contributed by atoms with Crippen molar-refractivity contribution >= 4 is 22.8 Å². The Morgan fingerprint density at radius 3 is 2.39 bits per heavy atom. The maximum absolute atomic E-state index is 14.3. The molecule has 0 heterocycles. The van der Waals surface area contributed by atoms with Crippen molar-refractivity contribution in [3.63, 3.8) is 0 Å². The lowest BCUT2D eigenvalue weighted by Crippen LogP contribution is -2.09. The lowest BCUT2D eigenvalue weighted by molar-refractivity contribution is 0.0987. The Labute approximate surface area is 195 Å². The van der Waals surface area contributed by atoms with Gasteiger partial charge in [-0.15, -0.1) is 0 Å². The molecule has 0 spiro atoms. The first-order chi connectivity index (χ1) is 15.7. The smallest absolute Gasteiger partial charge is 0.166 e. The molecule has 0 atom stereocenters. The molecule has 2 rings (SSSR count). The summed E-state index contributed by atoms with van der Waals surface area (Å²) in [5.41, 5.74) is 4.98. The molecule has 0 bridgehead atoms. The minimum absolute atomic E-state index is 0.126. The van der Waals surface area contributed by atoms with Gasteiger partial charge in [-0.2, -0.15) is 0 Å². The van der Waals surface area contributed by atoms with Gasteiger partial charge in [-0.05, 0) is 75.1 Å². The molecule has 0 unspecified atom stereocenters. The van der Waals surface area contributed by atoms with Gasteiger partial charge in [0.15, 0.2) is 17.4 Å². The Hall–Kier alpha value is -3.34. The minimum Gasteiger partial charge on any atom is -0.354 e. The number of aryl methyl sites for hydroxylation is 2. The first-order valence-electron chi connectivity index (χ1n) is 11.2. The van der Waals surface area contributed by atoms with Crippen LogP contribution < -0.4 is 5.32 Å². The van der Waals surface area contributed by atoms with Crippen LogP contribution in [-0.4, -0.2) is 11.5 Å². The second-order valence-electron chi connectivity index (χ2n) is 7.82. The summed E-state index contributed by atoms with van der Waals surface area (Å²) in [4.78, 5) is 16.7. The molecule has 174 valence electrons. The lowest BCUT2D eigenvalue weighted by Gasteiger charge is -2.14. The number of Topliss-reactive ketones (excluding diaryl/α,β-unsaturated/α-hetero) is 1. The number of benzene rings is 2. The zero-order chi connectivity index (χ0) is 24.5. The van der Waals surface area contributed by atoms with Gasteiger partial charge in [-0.3, -0.25) is 9.79 Å². The van der Waals surface area contributed by atoms with Crippen LogP contribution in [0.3, 0.4) is 0 Å². The maximum atomic E-state index is 14.3. The number of nitrogens with zero attached hydrogens (tertiary/aromatic N) is 1. The zero-order valence-electron chi connectivity index (χ0n) is 20.2. The number of ketones is 1. The van der Waals surface area contributed by atoms with Crippen LogP contribution in [0.4, 0.5) is 14.5 Å². The number of aliphatic imine (C=N–C) groups is 1. The summed E-state index contributed by atoms with van der Waals surface area (Å²) in [6, 6.07) is 8.82. The summed E-state index contributed by atoms with van der Waals surface area (Å²) in [5.74, 6) is -1.58. The van der Waals surface area contributed by atoms with Gasteiger partial charge < -0.3 is 5.32 Å². The molecule has 0 aromatic heterocycles. The van der Waals surface area contributed by atoms with Crippen molar-refractivity contribution in [2.24, 2.45) is 4.99 Å². The van der Waals surface area contributed by atoms with Crippen LogP contribution in [0.2, 0.25) is 0 Å². The quantitative estimate of drug-likeness (QED) is 0.240. The molecule has 0 saturated heterocycles. The van der Waals surface area contributed by atoms with Crippen LogP contribution in [-0.2, 0) is 6.42 Å². The first kappa shape index (κ1) is 25.9. The summed E-state index contributed by atoms with van der Waals surface area (Å²) in [6.07, 6.45) is 8.44. The molecule has 0 fully saturated rings. The normalized spacial score (nSPS) is 13.0. The van der Waals surface area contributed by atoms with Gasteiger partial charge in [-0.1, -0.05) is 38.1 Å². The first-order valence-corrected chi connectivity index (χ1v) is 11.2. The van der Waals surface area contributed by atoms with Gasteiger partial charge >= 0.3 is 0 Å². The van der Waals surface area contributed by atoms with Crippen LogP contribution in [0, 0.1) is 18.6 Å². The predicted octanol–water partition coefficient (Wildman–Crippen LogP) is 7.82. The molecule has 0 aliphatic heterocycles. The fourth-order valence-corrected chi connectivity index (χ4v) is 3.31. The molecule has 0 radical (unpaired) electrons. The van der Waals surface area contributed by atoms with Gasteiger partial charge in [0.05, 0.1) is 11.4 Å². The third-order valence-corrected chi connectivity index (χ3v) is 5.38. The number of rotatable bonds is 9. The molecule has 0 saturated carbocycles. The van der Waals surface area contributed by atoms with E-state index in [2.05, 4.69) is 10.3 Å². The Balaban J connectivity index is 2.37. The number of allylic oxidation sites excluding steroid dienone is 5. The molecule has 33 heavy (non-hydrogen) atoms. The fourth-order valence-electron chi connectivity index (χ4n) is 3.31. The molecule has 1 N–H and O–H groups in total. The number of carbonyl (C=O) groups excluding carboxylic acids is 1. The van der Waals surface area contributed by atoms with Crippen molar-refractivity contribution in [3.05, 3.63) is 94.3 Å². The third kappa shape index (κ3) is 6.58. The van der Waals surface area contributed by atoms with E-state index in [1.165, 1.54) is 13.1 Å². The van der Waals surface area contributed by atoms with Crippen LogP contribution in [0.1, 0.15) is 68.1 Å². The number of carbonyl (C=O) groups is 1. The summed E-state index contributed by atoms with van der Waals surface area (Å²) < 4.78 is 28.3. The van der Waals surface area contributed by atoms with Gasteiger partial charge in [0.2, 0.25) is 0 Å². The van der Waals surface area contributed by atoms with E-state index >= 15 is 0 Å². The molecular formula is C28H32F2N2O. The number of nitrogens with one attached hydrogen (secondary N) is 1. The van der Waals surface area contributed by atoms with E-state index in [1.54, 1.807) is 19.1 Å². The Bertz CT molecular complexity index is 1140. The lowest BCUT2D eigenvalue weighted by atomic mass is 9.99. The van der Waals surface area contributed by atoms with Gasteiger partial charge in [0.1, 0.15) is 0 Å². The van der Waals surface area contributed by atoms with Crippen molar-refractivity contribution in [2.75, 3.05) is 5.32 Å². The van der Waals surface area contributed by atoms with Crippen LogP contribution in [0.25, 0.3) is 5.57 Å². The van der Waals surface area contributed by atoms with Crippen molar-refractivity contribution in [3.8, 4) is 0 Å². The number of halogens is 2. The standard InChI is InChI=1S/C28H32F2N2O/c1-7-10-11-25(32-22-13-15-24(26(33)9-3)21(8-2)16-22)20(6)31-17-19(5)23-14-12-18(4)27(29)28(23)30/h7,10-17,32H,8-9H2,1-6H3/b10-7-,19-17+,25-11+,31-20+. The van der Waals surface area contributed by atoms with Gasteiger partial charge in [0, 0.05) is 29.4 Å². The van der Waals surface area contributed by atoms with E-state index in [9.17, 15) is 13.6 Å². The zero-order valence-corrected chi connectivity index (χ0v) is 20.2. The molecule has 0 aliphatic rings. The average molecular weight is 451 g/mol. The summed E-state index contributed by atoms with van der Waals surface area (Å²) >= 11 is 0. The molecule has 3 nitrogen and oxygen atoms in total. The molecule has 0 amide bonds. The monoisotopic (exact) mass is 450 g/mol. The molecule has 5 heteroatoms. The highest BCUT2D eigenvalue weighted by Crippen LogP contribution is 2.23. The number of anilines is 1. The average Bonchev–Trinajstić information content (AvgIpc) is 2.82. The number of hydrogen-bond donors (Lipinski definition) is 1. The highest BCUT2D eigenvalue weighted by molar-refractivity contribution is 6.02. The molecule has 0 aliphatic carbocycles. The van der Waals surface area contributed by atoms with Crippen molar-refractivity contribution < 1.29 is 13.6 Å². The van der Waals surface area contributed by atoms with Gasteiger partial charge in [0.25, 0.3) is 0 Å². The topological polar surface area (TPSA) is 41.5 Å². The Morgan fingerprint density at radius 1 is 1.06 bits per heavy atom. The largest absolute Gasteiger partial charge is 0.354 e. The predicted molar refractivity (Wildman–Crippen MR) is 135 cm³/mol. The second kappa shape index (κ2) is 12.0. The van der Waals surface area contributed by atoms with E-state index in [-0.39, 0.29) is 16.9 Å². The van der Waals surface area contributed by atoms with Gasteiger partial charge in [-0.25, -0.2) is 8.78 Å². The Kier molecular flexibility index (Phi) is 9.46. The van der Waals surface area contributed by atoms with E-state index < -0.39 is 11.6 Å². The maximum Gasteiger partial charge on any atom is 0.166 e. The van der Waals surface area contributed by atoms with Crippen molar-refractivity contribution in [2.45, 2.75) is 54.4 Å². The summed E-state index contributed by atoms with van der Waals surface area (Å²) in [5, 5.41) is 3.37. The van der Waals surface area contributed by atoms with E-state index in [1.807, 2.05) is 64.1 Å². The van der Waals surface area contributed by atoms with Crippen molar-refractivity contribution in [1.29, 1.82) is 0 Å². The summed E-state index contributed by atoms with van der Waals surface area (Å²) in [6.45, 7) is 10.9. The van der Waals surface area contributed by atoms with Crippen LogP contribution in [0.5, 0.6) is 0 Å². The van der Waals surface area contributed by atoms with E-state index in [0.29, 0.717) is 17.7 Å². The van der Waals surface area contributed by atoms with Crippen molar-refractivity contribution in [1.82, 2.24) is 0 Å². The second-order valence-corrected chi connectivity index (χ2v) is 7.82.